The summed E-state index contributed by atoms with van der Waals surface area (Å²) >= 11 is 0. The van der Waals surface area contributed by atoms with Gasteiger partial charge in [0.1, 0.15) is 5.75 Å². The fourth-order valence-electron chi connectivity index (χ4n) is 3.30. The van der Waals surface area contributed by atoms with Crippen LogP contribution in [-0.4, -0.2) is 46.1 Å². The summed E-state index contributed by atoms with van der Waals surface area (Å²) in [6.07, 6.45) is 4.94. The number of ether oxygens (including phenoxy) is 2. The predicted molar refractivity (Wildman–Crippen MR) is 113 cm³/mol. The minimum Gasteiger partial charge on any atom is -0.497 e. The van der Waals surface area contributed by atoms with Gasteiger partial charge in [-0.05, 0) is 23.2 Å². The highest BCUT2D eigenvalue weighted by atomic mass is 16.5. The zero-order valence-corrected chi connectivity index (χ0v) is 16.3. The number of nitrogen functional groups attached to an aromatic ring is 1. The predicted octanol–water partition coefficient (Wildman–Crippen LogP) is 1.90. The van der Waals surface area contributed by atoms with Gasteiger partial charge in [0.25, 0.3) is 0 Å². The molecule has 8 nitrogen and oxygen atoms in total. The molecule has 2 heterocycles. The molecule has 9 heteroatoms. The van der Waals surface area contributed by atoms with Gasteiger partial charge < -0.3 is 20.2 Å². The van der Waals surface area contributed by atoms with Crippen LogP contribution in [-0.2, 0) is 0 Å². The highest BCUT2D eigenvalue weighted by Gasteiger charge is 2.20. The van der Waals surface area contributed by atoms with E-state index in [1.165, 1.54) is 6.20 Å². The van der Waals surface area contributed by atoms with E-state index in [0.717, 1.165) is 22.2 Å². The molecule has 2 aromatic heterocycles. The average molecular weight is 389 g/mol. The highest BCUT2D eigenvalue weighted by molar-refractivity contribution is 6.66. The summed E-state index contributed by atoms with van der Waals surface area (Å²) in [4.78, 5) is 0. The number of hydrogen-bond acceptors (Lipinski definition) is 7. The summed E-state index contributed by atoms with van der Waals surface area (Å²) < 4.78 is 12.5. The van der Waals surface area contributed by atoms with Crippen LogP contribution in [0.5, 0.6) is 11.5 Å². The molecule has 0 saturated carbocycles. The molecule has 0 aliphatic carbocycles. The second kappa shape index (κ2) is 7.44. The topological polar surface area (TPSA) is 108 Å². The van der Waals surface area contributed by atoms with Crippen molar-refractivity contribution in [3.05, 3.63) is 48.9 Å². The van der Waals surface area contributed by atoms with Gasteiger partial charge in [0.15, 0.2) is 5.75 Å². The lowest BCUT2D eigenvalue weighted by atomic mass is 9.63. The van der Waals surface area contributed by atoms with Crippen LogP contribution in [0.15, 0.2) is 48.9 Å². The van der Waals surface area contributed by atoms with Crippen LogP contribution in [0.1, 0.15) is 0 Å². The van der Waals surface area contributed by atoms with Crippen LogP contribution in [0.3, 0.4) is 0 Å². The van der Waals surface area contributed by atoms with Gasteiger partial charge in [0.2, 0.25) is 0 Å². The Kier molecular flexibility index (Phi) is 4.81. The summed E-state index contributed by atoms with van der Waals surface area (Å²) in [5.41, 5.74) is 10.4. The fraction of sp³-hybridized carbons (Fsp3) is 0.150. The second-order valence-corrected chi connectivity index (χ2v) is 6.64. The monoisotopic (exact) mass is 389 g/mol. The number of nitrogens with two attached hydrogens (primary N) is 1. The van der Waals surface area contributed by atoms with Gasteiger partial charge in [-0.1, -0.05) is 19.0 Å². The third-order valence-corrected chi connectivity index (χ3v) is 4.82. The molecule has 0 amide bonds. The molecule has 0 aliphatic heterocycles. The molecule has 0 radical (unpaired) electrons. The Hall–Kier alpha value is -3.59. The second-order valence-electron chi connectivity index (χ2n) is 6.64. The summed E-state index contributed by atoms with van der Waals surface area (Å²) in [7, 11) is 3.16. The van der Waals surface area contributed by atoms with Gasteiger partial charge in [-0.15, -0.1) is 0 Å². The van der Waals surface area contributed by atoms with Crippen LogP contribution in [0.25, 0.3) is 27.7 Å². The minimum absolute atomic E-state index is 0.568. The lowest BCUT2D eigenvalue weighted by Gasteiger charge is -2.17. The van der Waals surface area contributed by atoms with E-state index >= 15 is 0 Å². The van der Waals surface area contributed by atoms with E-state index in [4.69, 9.17) is 15.2 Å². The van der Waals surface area contributed by atoms with Crippen molar-refractivity contribution >= 4 is 29.0 Å². The summed E-state index contributed by atoms with van der Waals surface area (Å²) in [6, 6.07) is 9.52. The van der Waals surface area contributed by atoms with E-state index in [2.05, 4.69) is 15.3 Å². The highest BCUT2D eigenvalue weighted by Crippen LogP contribution is 2.32. The largest absolute Gasteiger partial charge is 0.497 e. The molecule has 0 unspecified atom stereocenters. The number of rotatable bonds is 5. The van der Waals surface area contributed by atoms with Gasteiger partial charge in [-0.3, -0.25) is 0 Å². The summed E-state index contributed by atoms with van der Waals surface area (Å²) in [5, 5.41) is 23.6. The van der Waals surface area contributed by atoms with Crippen LogP contribution in [0.2, 0.25) is 6.82 Å². The number of aromatic nitrogens is 4. The molecule has 4 aromatic rings. The maximum Gasteiger partial charge on any atom is 0.324 e. The lowest BCUT2D eigenvalue weighted by molar-refractivity contribution is 0.414. The molecule has 3 N–H and O–H groups in total. The zero-order chi connectivity index (χ0) is 20.5. The minimum atomic E-state index is -0.708. The normalized spacial score (nSPS) is 10.9. The van der Waals surface area contributed by atoms with E-state index in [1.807, 2.05) is 30.3 Å². The van der Waals surface area contributed by atoms with Gasteiger partial charge in [-0.2, -0.15) is 15.3 Å². The van der Waals surface area contributed by atoms with Crippen molar-refractivity contribution in [3.63, 3.8) is 0 Å². The Balaban J connectivity index is 1.98. The fourth-order valence-corrected chi connectivity index (χ4v) is 3.30. The van der Waals surface area contributed by atoms with Gasteiger partial charge >= 0.3 is 6.92 Å². The molecule has 0 atom stereocenters. The number of anilines is 1. The van der Waals surface area contributed by atoms with Crippen molar-refractivity contribution in [2.24, 2.45) is 0 Å². The number of hydrogen-bond donors (Lipinski definition) is 2. The SMILES string of the molecule is COc1cnn(-c2cc(OC)c(B(C)O)cc2-c2ccc3c(N)cnnc3c2)c1. The van der Waals surface area contributed by atoms with Crippen molar-refractivity contribution in [2.75, 3.05) is 20.0 Å². The van der Waals surface area contributed by atoms with E-state index in [9.17, 15) is 5.02 Å². The third kappa shape index (κ3) is 3.36. The molecule has 0 aliphatic rings. The first-order valence-electron chi connectivity index (χ1n) is 9.02. The van der Waals surface area contributed by atoms with Crippen molar-refractivity contribution in [1.29, 1.82) is 0 Å². The molecule has 0 spiro atoms. The van der Waals surface area contributed by atoms with E-state index in [1.54, 1.807) is 38.1 Å². The van der Waals surface area contributed by atoms with Crippen LogP contribution in [0.4, 0.5) is 5.69 Å². The first kappa shape index (κ1) is 18.8. The molecule has 146 valence electrons. The Labute approximate surface area is 168 Å². The van der Waals surface area contributed by atoms with Gasteiger partial charge in [-0.25, -0.2) is 4.68 Å². The van der Waals surface area contributed by atoms with Gasteiger partial charge in [0, 0.05) is 17.0 Å². The maximum atomic E-state index is 10.3. The van der Waals surface area contributed by atoms with Crippen LogP contribution in [0, 0.1) is 0 Å². The van der Waals surface area contributed by atoms with E-state index < -0.39 is 6.92 Å². The molecule has 0 bridgehead atoms. The van der Waals surface area contributed by atoms with Crippen molar-refractivity contribution in [2.45, 2.75) is 6.82 Å². The van der Waals surface area contributed by atoms with Crippen molar-refractivity contribution in [1.82, 2.24) is 20.0 Å². The molecule has 2 aromatic carbocycles. The summed E-state index contributed by atoms with van der Waals surface area (Å²) in [5.74, 6) is 1.20. The average Bonchev–Trinajstić information content (AvgIpc) is 3.22. The van der Waals surface area contributed by atoms with Crippen molar-refractivity contribution in [3.8, 4) is 28.3 Å². The molecule has 0 fully saturated rings. The van der Waals surface area contributed by atoms with Crippen LogP contribution < -0.4 is 20.7 Å². The lowest BCUT2D eigenvalue weighted by Crippen LogP contribution is -2.28. The number of nitrogens with zero attached hydrogens (tertiary/aromatic N) is 4. The molecular formula is C20H20BN5O3. The number of benzene rings is 2. The first-order chi connectivity index (χ1) is 14.0. The summed E-state index contributed by atoms with van der Waals surface area (Å²) in [6.45, 7) is 0.992. The van der Waals surface area contributed by atoms with E-state index in [-0.39, 0.29) is 0 Å². The molecule has 4 rings (SSSR count). The van der Waals surface area contributed by atoms with Crippen molar-refractivity contribution < 1.29 is 14.5 Å². The Morgan fingerprint density at radius 1 is 1.10 bits per heavy atom. The Morgan fingerprint density at radius 2 is 1.93 bits per heavy atom. The zero-order valence-electron chi connectivity index (χ0n) is 16.3. The smallest absolute Gasteiger partial charge is 0.324 e. The number of methoxy groups -OCH3 is 2. The Morgan fingerprint density at radius 3 is 2.62 bits per heavy atom. The number of fused-ring (bicyclic) bond motifs is 1. The molecule has 29 heavy (non-hydrogen) atoms. The van der Waals surface area contributed by atoms with E-state index in [0.29, 0.717) is 28.2 Å². The molecular weight excluding hydrogens is 369 g/mol. The quantitative estimate of drug-likeness (QED) is 0.502. The molecule has 0 saturated heterocycles. The Bertz CT molecular complexity index is 1190. The maximum absolute atomic E-state index is 10.3. The standard InChI is InChI=1S/C20H20BN5O3/c1-21(27)16-7-15(12-4-5-14-17(22)10-23-25-18(14)6-12)19(8-20(16)29-3)26-11-13(28-2)9-24-26/h4-11,27H,1-3H3,(H2,22,25). The third-order valence-electron chi connectivity index (χ3n) is 4.82. The first-order valence-corrected chi connectivity index (χ1v) is 9.02. The van der Waals surface area contributed by atoms with Crippen LogP contribution >= 0.6 is 0 Å². The van der Waals surface area contributed by atoms with Gasteiger partial charge in [0.05, 0.1) is 49.7 Å².